The third kappa shape index (κ3) is 4.08. The second-order valence-corrected chi connectivity index (χ2v) is 11.4. The van der Waals surface area contributed by atoms with Gasteiger partial charge in [0.05, 0.1) is 0 Å². The van der Waals surface area contributed by atoms with Crippen LogP contribution in [0.1, 0.15) is 63.8 Å². The Hall–Kier alpha value is -1.35. The Kier molecular flexibility index (Phi) is 4.98. The van der Waals surface area contributed by atoms with Crippen LogP contribution in [0.5, 0.6) is 0 Å². The Labute approximate surface area is 163 Å². The SMILES string of the molecule is CC(C)(C)c1ccc(C2=C(c3ccc(C(C)(C)C)cc3)[IH]C=C2)cc1. The van der Waals surface area contributed by atoms with Crippen LogP contribution in [0.4, 0.5) is 0 Å². The van der Waals surface area contributed by atoms with Crippen molar-refractivity contribution in [2.24, 2.45) is 0 Å². The molecule has 0 bridgehead atoms. The number of allylic oxidation sites excluding steroid dienone is 2. The summed E-state index contributed by atoms with van der Waals surface area (Å²) >= 11 is -0.231. The van der Waals surface area contributed by atoms with Crippen LogP contribution in [0.2, 0.25) is 0 Å². The molecule has 0 spiro atoms. The number of rotatable bonds is 2. The van der Waals surface area contributed by atoms with Crippen molar-refractivity contribution in [3.05, 3.63) is 80.9 Å². The van der Waals surface area contributed by atoms with E-state index in [4.69, 9.17) is 0 Å². The summed E-state index contributed by atoms with van der Waals surface area (Å²) in [6, 6.07) is 18.4. The van der Waals surface area contributed by atoms with Crippen LogP contribution in [0.25, 0.3) is 9.15 Å². The van der Waals surface area contributed by atoms with Gasteiger partial charge in [-0.15, -0.1) is 0 Å². The predicted molar refractivity (Wildman–Crippen MR) is 122 cm³/mol. The summed E-state index contributed by atoms with van der Waals surface area (Å²) in [5.41, 5.74) is 7.38. The molecule has 1 heteroatoms. The van der Waals surface area contributed by atoms with Crippen LogP contribution in [0.15, 0.2) is 58.7 Å². The van der Waals surface area contributed by atoms with Crippen molar-refractivity contribution in [2.45, 2.75) is 52.4 Å². The van der Waals surface area contributed by atoms with Gasteiger partial charge in [0.25, 0.3) is 0 Å². The van der Waals surface area contributed by atoms with Crippen LogP contribution in [-0.2, 0) is 10.8 Å². The number of halogens is 1. The molecule has 0 nitrogen and oxygen atoms in total. The molecule has 2 aromatic rings. The predicted octanol–water partition coefficient (Wildman–Crippen LogP) is 7.38. The topological polar surface area (TPSA) is 0 Å². The molecule has 0 fully saturated rings. The van der Waals surface area contributed by atoms with Gasteiger partial charge in [-0.3, -0.25) is 0 Å². The van der Waals surface area contributed by atoms with Crippen LogP contribution in [-0.4, -0.2) is 0 Å². The van der Waals surface area contributed by atoms with Crippen LogP contribution in [0, 0.1) is 0 Å². The Morgan fingerprint density at radius 3 is 1.48 bits per heavy atom. The van der Waals surface area contributed by atoms with Gasteiger partial charge in [-0.2, -0.15) is 0 Å². The third-order valence-electron chi connectivity index (χ3n) is 4.74. The number of hydrogen-bond donors (Lipinski definition) is 0. The minimum atomic E-state index is -0.231. The Balaban J connectivity index is 1.96. The Morgan fingerprint density at radius 2 is 1.04 bits per heavy atom. The molecule has 2 aromatic carbocycles. The van der Waals surface area contributed by atoms with Crippen molar-refractivity contribution in [1.82, 2.24) is 0 Å². The number of benzene rings is 2. The first-order chi connectivity index (χ1) is 11.7. The van der Waals surface area contributed by atoms with Gasteiger partial charge in [0, 0.05) is 0 Å². The standard InChI is InChI=1S/C24H29I/c1-23(2,3)19-11-7-17(8-12-19)21-15-16-25-22(21)18-9-13-20(14-10-18)24(4,5)6/h7-16,25H,1-6H3. The molecule has 1 aliphatic heterocycles. The fraction of sp³-hybridized carbons (Fsp3) is 0.333. The van der Waals surface area contributed by atoms with Gasteiger partial charge in [0.15, 0.2) is 0 Å². The molecule has 0 saturated heterocycles. The van der Waals surface area contributed by atoms with Gasteiger partial charge in [-0.05, 0) is 0 Å². The second kappa shape index (κ2) is 6.75. The monoisotopic (exact) mass is 444 g/mol. The molecule has 3 rings (SSSR count). The summed E-state index contributed by atoms with van der Waals surface area (Å²) in [6.07, 6.45) is 2.33. The molecule has 132 valence electrons. The van der Waals surface area contributed by atoms with Crippen LogP contribution >= 0.6 is 21.2 Å². The quantitative estimate of drug-likeness (QED) is 0.424. The molecule has 0 aliphatic carbocycles. The summed E-state index contributed by atoms with van der Waals surface area (Å²) in [5.74, 6) is 0. The molecule has 0 aromatic heterocycles. The normalized spacial score (nSPS) is 15.4. The Bertz CT molecular complexity index is 804. The maximum atomic E-state index is 2.41. The van der Waals surface area contributed by atoms with Crippen molar-refractivity contribution in [1.29, 1.82) is 0 Å². The molecular weight excluding hydrogens is 415 g/mol. The third-order valence-corrected chi connectivity index (χ3v) is 7.49. The van der Waals surface area contributed by atoms with Crippen molar-refractivity contribution in [3.63, 3.8) is 0 Å². The molecule has 0 N–H and O–H groups in total. The van der Waals surface area contributed by atoms with Crippen molar-refractivity contribution >= 4 is 30.4 Å². The summed E-state index contributed by atoms with van der Waals surface area (Å²) in [6.45, 7) is 13.6. The molecule has 25 heavy (non-hydrogen) atoms. The summed E-state index contributed by atoms with van der Waals surface area (Å²) in [4.78, 5) is 0. The van der Waals surface area contributed by atoms with Crippen molar-refractivity contribution in [3.8, 4) is 0 Å². The van der Waals surface area contributed by atoms with Gasteiger partial charge in [0.1, 0.15) is 0 Å². The minimum absolute atomic E-state index is 0.207. The van der Waals surface area contributed by atoms with Crippen LogP contribution in [0.3, 0.4) is 0 Å². The molecule has 0 atom stereocenters. The average Bonchev–Trinajstić information content (AvgIpc) is 3.03. The first kappa shape index (κ1) is 18.4. The van der Waals surface area contributed by atoms with Gasteiger partial charge in [-0.1, -0.05) is 0 Å². The van der Waals surface area contributed by atoms with E-state index in [1.165, 1.54) is 27.8 Å². The Morgan fingerprint density at radius 1 is 0.600 bits per heavy atom. The zero-order valence-electron chi connectivity index (χ0n) is 16.2. The summed E-state index contributed by atoms with van der Waals surface area (Å²) in [7, 11) is 0. The molecule has 1 heterocycles. The second-order valence-electron chi connectivity index (χ2n) is 8.82. The van der Waals surface area contributed by atoms with Gasteiger partial charge in [-0.25, -0.2) is 0 Å². The maximum absolute atomic E-state index is 2.41. The molecule has 1 aliphatic rings. The zero-order chi connectivity index (χ0) is 18.2. The van der Waals surface area contributed by atoms with Crippen molar-refractivity contribution < 1.29 is 0 Å². The van der Waals surface area contributed by atoms with Gasteiger partial charge < -0.3 is 0 Å². The van der Waals surface area contributed by atoms with E-state index >= 15 is 0 Å². The van der Waals surface area contributed by atoms with Crippen molar-refractivity contribution in [2.75, 3.05) is 0 Å². The van der Waals surface area contributed by atoms with E-state index in [0.717, 1.165) is 0 Å². The first-order valence-corrected chi connectivity index (χ1v) is 11.5. The summed E-state index contributed by atoms with van der Waals surface area (Å²) in [5, 5.41) is 0. The molecule has 0 saturated carbocycles. The summed E-state index contributed by atoms with van der Waals surface area (Å²) < 4.78 is 3.97. The van der Waals surface area contributed by atoms with E-state index in [9.17, 15) is 0 Å². The molecule has 0 unspecified atom stereocenters. The molecule has 0 amide bonds. The fourth-order valence-corrected chi connectivity index (χ4v) is 5.67. The van der Waals surface area contributed by atoms with Crippen LogP contribution < -0.4 is 0 Å². The van der Waals surface area contributed by atoms with E-state index in [-0.39, 0.29) is 32.0 Å². The number of hydrogen-bond acceptors (Lipinski definition) is 0. The van der Waals surface area contributed by atoms with Gasteiger partial charge >= 0.3 is 164 Å². The fourth-order valence-electron chi connectivity index (χ4n) is 3.03. The van der Waals surface area contributed by atoms with E-state index in [0.29, 0.717) is 0 Å². The van der Waals surface area contributed by atoms with E-state index in [1.54, 1.807) is 3.58 Å². The van der Waals surface area contributed by atoms with Gasteiger partial charge in [0.2, 0.25) is 0 Å². The molecule has 0 radical (unpaired) electrons. The van der Waals surface area contributed by atoms with E-state index in [1.807, 2.05) is 0 Å². The molecular formula is C24H29I. The van der Waals surface area contributed by atoms with E-state index < -0.39 is 0 Å². The zero-order valence-corrected chi connectivity index (χ0v) is 18.5. The average molecular weight is 444 g/mol. The first-order valence-electron chi connectivity index (χ1n) is 8.95. The van der Waals surface area contributed by atoms with E-state index in [2.05, 4.69) is 100 Å².